The Balaban J connectivity index is 1.28. The normalized spacial score (nSPS) is 16.0. The third-order valence-corrected chi connectivity index (χ3v) is 8.35. The summed E-state index contributed by atoms with van der Waals surface area (Å²) in [5.41, 5.74) is 0.601. The molecule has 0 fully saturated rings. The maximum Gasteiger partial charge on any atom is 0.167 e. The Bertz CT molecular complexity index is 3670. The molecule has 0 unspecified atom stereocenters. The minimum atomic E-state index is -0.785. The molecule has 228 valence electrons. The van der Waals surface area contributed by atoms with Gasteiger partial charge in [0.05, 0.1) is 26.1 Å². The molecule has 0 saturated carbocycles. The molecule has 0 bridgehead atoms. The Morgan fingerprint density at radius 3 is 1.67 bits per heavy atom. The topological polar surface area (TPSA) is 51.8 Å². The number of fused-ring (bicyclic) bond motifs is 9. The number of para-hydroxylation sites is 2. The van der Waals surface area contributed by atoms with Crippen LogP contribution in [-0.4, -0.2) is 15.0 Å². The average Bonchev–Trinajstić information content (AvgIpc) is 3.69. The second-order valence-electron chi connectivity index (χ2n) is 11.2. The van der Waals surface area contributed by atoms with Gasteiger partial charge in [-0.15, -0.1) is 0 Å². The van der Waals surface area contributed by atoms with Gasteiger partial charge in [-0.25, -0.2) is 15.0 Å². The number of nitrogens with zero attached hydrogens (tertiary/aromatic N) is 3. The number of hydrogen-bond acceptors (Lipinski definition) is 4. The van der Waals surface area contributed by atoms with Crippen LogP contribution < -0.4 is 0 Å². The molecular formula is C45H27N3O. The van der Waals surface area contributed by atoms with E-state index in [9.17, 15) is 9.60 Å². The molecule has 0 spiro atoms. The smallest absolute Gasteiger partial charge is 0.167 e. The number of hydrogen-bond donors (Lipinski definition) is 0. The highest BCUT2D eigenvalue weighted by molar-refractivity contribution is 6.25. The molecule has 0 aliphatic heterocycles. The van der Waals surface area contributed by atoms with Crippen molar-refractivity contribution >= 4 is 54.3 Å². The van der Waals surface area contributed by atoms with Gasteiger partial charge in [0.25, 0.3) is 0 Å². The van der Waals surface area contributed by atoms with Crippen LogP contribution in [0.2, 0.25) is 0 Å². The van der Waals surface area contributed by atoms with Gasteiger partial charge in [-0.2, -0.15) is 0 Å². The van der Waals surface area contributed by atoms with Crippen LogP contribution in [0.5, 0.6) is 0 Å². The van der Waals surface area contributed by atoms with Crippen molar-refractivity contribution in [2.75, 3.05) is 0 Å². The summed E-state index contributed by atoms with van der Waals surface area (Å²) in [6.07, 6.45) is 0. The van der Waals surface area contributed by atoms with Gasteiger partial charge in [0, 0.05) is 21.9 Å². The quantitative estimate of drug-likeness (QED) is 0.180. The maximum atomic E-state index is 9.61. The highest BCUT2D eigenvalue weighted by Gasteiger charge is 2.18. The van der Waals surface area contributed by atoms with E-state index in [1.807, 2.05) is 36.4 Å². The van der Waals surface area contributed by atoms with Crippen LogP contribution in [0.15, 0.2) is 168 Å². The fourth-order valence-corrected chi connectivity index (χ4v) is 6.08. The zero-order valence-electron chi connectivity index (χ0n) is 40.2. The van der Waals surface area contributed by atoms with Crippen LogP contribution in [0.3, 0.4) is 0 Å². The lowest BCUT2D eigenvalue weighted by molar-refractivity contribution is 0.669. The Kier molecular flexibility index (Phi) is 3.68. The van der Waals surface area contributed by atoms with E-state index in [1.54, 1.807) is 36.4 Å². The van der Waals surface area contributed by atoms with E-state index in [-0.39, 0.29) is 50.0 Å². The predicted molar refractivity (Wildman–Crippen MR) is 201 cm³/mol. The standard InChI is InChI=1S/C45H27N3O/c1-2-11-29(12-3-1)43-46-44(48-45(47-43)39-19-10-18-38-37-17-8-9-20-41(37)49-42(38)39)30-23-21-28(22-24-30)31-25-26-36-34-15-5-4-13-32(34)33-14-6-7-16-35(33)40(36)27-31/h1-27H/i4D,5D,6D,7D,13D,14D,15D,16D,21D,22D,23D,24D,25D,26D,27D. The summed E-state index contributed by atoms with van der Waals surface area (Å²) < 4.78 is 141. The second kappa shape index (κ2) is 11.0. The fraction of sp³-hybridized carbons (Fsp3) is 0. The van der Waals surface area contributed by atoms with Crippen LogP contribution in [0.1, 0.15) is 20.6 Å². The minimum absolute atomic E-state index is 0.103. The number of furan rings is 1. The van der Waals surface area contributed by atoms with Gasteiger partial charge in [-0.1, -0.05) is 145 Å². The fourth-order valence-electron chi connectivity index (χ4n) is 6.08. The highest BCUT2D eigenvalue weighted by Crippen LogP contribution is 2.38. The molecule has 0 amide bonds. The van der Waals surface area contributed by atoms with Crippen LogP contribution >= 0.6 is 0 Å². The van der Waals surface area contributed by atoms with Crippen molar-refractivity contribution in [1.29, 1.82) is 0 Å². The SMILES string of the molecule is [2H]c1c([2H])c(-c2c([2H])c([2H])c3c4c([2H])c([2H])c([2H])c([2H])c4c4c([2H])c([2H])c([2H])c([2H])c4c3c2[2H])c([2H])c([2H])c1-c1nc(-c2ccccc2)nc(-c2cccc3c2oc2ccccc23)n1. The molecule has 4 nitrogen and oxygen atoms in total. The van der Waals surface area contributed by atoms with Gasteiger partial charge in [0.15, 0.2) is 17.5 Å². The molecule has 4 heteroatoms. The number of rotatable bonds is 4. The molecular weight excluding hydrogens is 599 g/mol. The van der Waals surface area contributed by atoms with Crippen molar-refractivity contribution in [3.63, 3.8) is 0 Å². The van der Waals surface area contributed by atoms with Crippen molar-refractivity contribution in [2.45, 2.75) is 0 Å². The second-order valence-corrected chi connectivity index (χ2v) is 11.2. The first-order valence-electron chi connectivity index (χ1n) is 22.7. The van der Waals surface area contributed by atoms with E-state index < -0.39 is 107 Å². The molecule has 10 rings (SSSR count). The van der Waals surface area contributed by atoms with Crippen molar-refractivity contribution < 1.29 is 25.0 Å². The molecule has 8 aromatic carbocycles. The molecule has 49 heavy (non-hydrogen) atoms. The molecule has 2 aromatic heterocycles. The van der Waals surface area contributed by atoms with Crippen molar-refractivity contribution in [2.24, 2.45) is 0 Å². The Morgan fingerprint density at radius 1 is 0.388 bits per heavy atom. The van der Waals surface area contributed by atoms with Gasteiger partial charge in [0.1, 0.15) is 11.2 Å². The predicted octanol–water partition coefficient (Wildman–Crippen LogP) is 11.9. The minimum Gasteiger partial charge on any atom is -0.455 e. The summed E-state index contributed by atoms with van der Waals surface area (Å²) >= 11 is 0. The maximum absolute atomic E-state index is 9.61. The van der Waals surface area contributed by atoms with Crippen LogP contribution in [0.25, 0.3) is 99.5 Å². The average molecular weight is 641 g/mol. The highest BCUT2D eigenvalue weighted by atomic mass is 16.3. The summed E-state index contributed by atoms with van der Waals surface area (Å²) in [6, 6.07) is 11.1. The van der Waals surface area contributed by atoms with Gasteiger partial charge < -0.3 is 4.42 Å². The Hall–Kier alpha value is -6.65. The monoisotopic (exact) mass is 640 g/mol. The van der Waals surface area contributed by atoms with Gasteiger partial charge >= 0.3 is 0 Å². The molecule has 0 aliphatic rings. The lowest BCUT2D eigenvalue weighted by Gasteiger charge is -2.12. The molecule has 0 radical (unpaired) electrons. The van der Waals surface area contributed by atoms with Crippen LogP contribution in [-0.2, 0) is 0 Å². The van der Waals surface area contributed by atoms with Crippen molar-refractivity contribution in [3.8, 4) is 45.3 Å². The lowest BCUT2D eigenvalue weighted by atomic mass is 9.92. The lowest BCUT2D eigenvalue weighted by Crippen LogP contribution is -2.00. The van der Waals surface area contributed by atoms with E-state index in [0.29, 0.717) is 22.3 Å². The van der Waals surface area contributed by atoms with E-state index in [1.165, 1.54) is 0 Å². The summed E-state index contributed by atoms with van der Waals surface area (Å²) in [4.78, 5) is 14.1. The van der Waals surface area contributed by atoms with Gasteiger partial charge in [-0.3, -0.25) is 0 Å². The third-order valence-electron chi connectivity index (χ3n) is 8.35. The third kappa shape index (κ3) is 4.49. The summed E-state index contributed by atoms with van der Waals surface area (Å²) in [7, 11) is 0. The number of aromatic nitrogens is 3. The first-order chi connectivity index (χ1) is 30.5. The van der Waals surface area contributed by atoms with E-state index >= 15 is 0 Å². The molecule has 0 saturated heterocycles. The first-order valence-corrected chi connectivity index (χ1v) is 15.2. The Morgan fingerprint density at radius 2 is 0.939 bits per heavy atom. The molecule has 2 heterocycles. The molecule has 0 aliphatic carbocycles. The van der Waals surface area contributed by atoms with Crippen LogP contribution in [0, 0.1) is 0 Å². The summed E-state index contributed by atoms with van der Waals surface area (Å²) in [6.45, 7) is 0. The largest absolute Gasteiger partial charge is 0.455 e. The zero-order valence-corrected chi connectivity index (χ0v) is 25.2. The molecule has 0 N–H and O–H groups in total. The van der Waals surface area contributed by atoms with E-state index in [2.05, 4.69) is 4.98 Å². The van der Waals surface area contributed by atoms with Gasteiger partial charge in [0.2, 0.25) is 0 Å². The van der Waals surface area contributed by atoms with Crippen LogP contribution in [0.4, 0.5) is 0 Å². The molecule has 10 aromatic rings. The molecule has 0 atom stereocenters. The Labute approximate surface area is 303 Å². The summed E-state index contributed by atoms with van der Waals surface area (Å²) in [5.74, 6) is 0.0120. The van der Waals surface area contributed by atoms with Crippen molar-refractivity contribution in [3.05, 3.63) is 163 Å². The zero-order chi connectivity index (χ0) is 45.4. The van der Waals surface area contributed by atoms with E-state index in [0.717, 1.165) is 10.8 Å². The van der Waals surface area contributed by atoms with Crippen molar-refractivity contribution in [1.82, 2.24) is 15.0 Å². The number of benzene rings is 8. The first kappa shape index (κ1) is 16.4. The van der Waals surface area contributed by atoms with E-state index in [4.69, 9.17) is 25.4 Å². The van der Waals surface area contributed by atoms with Gasteiger partial charge in [-0.05, 0) is 61.6 Å². The summed E-state index contributed by atoms with van der Waals surface area (Å²) in [5, 5.41) is -0.571.